The molecule has 3 amide bonds. The van der Waals surface area contributed by atoms with Crippen molar-refractivity contribution in [2.24, 2.45) is 0 Å². The van der Waals surface area contributed by atoms with Crippen LogP contribution in [-0.2, 0) is 4.79 Å². The highest BCUT2D eigenvalue weighted by atomic mass is 35.5. The lowest BCUT2D eigenvalue weighted by atomic mass is 10.2. The lowest BCUT2D eigenvalue weighted by molar-refractivity contribution is -0.120. The molecule has 0 fully saturated rings. The monoisotopic (exact) mass is 287 g/mol. The molecule has 1 rings (SSSR count). The molecule has 0 aromatic heterocycles. The molecule has 0 radical (unpaired) electrons. The Morgan fingerprint density at radius 3 is 2.68 bits per heavy atom. The van der Waals surface area contributed by atoms with Crippen molar-refractivity contribution in [3.8, 4) is 0 Å². The normalized spacial score (nSPS) is 11.6. The van der Waals surface area contributed by atoms with E-state index in [-0.39, 0.29) is 10.7 Å². The van der Waals surface area contributed by atoms with Gasteiger partial charge in [-0.15, -0.1) is 0 Å². The van der Waals surface area contributed by atoms with E-state index in [0.717, 1.165) is 6.07 Å². The van der Waals surface area contributed by atoms with Gasteiger partial charge in [-0.2, -0.15) is 0 Å². The second kappa shape index (κ2) is 6.94. The van der Waals surface area contributed by atoms with E-state index in [0.29, 0.717) is 6.54 Å². The van der Waals surface area contributed by atoms with Crippen molar-refractivity contribution in [2.75, 3.05) is 11.9 Å². The SMILES string of the molecule is CCNC(=O)NC(=O)C(C)Nc1ccc(Cl)cc1F. The third-order valence-corrected chi connectivity index (χ3v) is 2.51. The molecular formula is C12H15ClFN3O2. The number of carbonyl (C=O) groups is 2. The number of halogens is 2. The predicted octanol–water partition coefficient (Wildman–Crippen LogP) is 2.13. The molecule has 0 aliphatic carbocycles. The van der Waals surface area contributed by atoms with E-state index in [1.165, 1.54) is 19.1 Å². The summed E-state index contributed by atoms with van der Waals surface area (Å²) in [4.78, 5) is 22.8. The van der Waals surface area contributed by atoms with Gasteiger partial charge in [-0.05, 0) is 32.0 Å². The lowest BCUT2D eigenvalue weighted by Gasteiger charge is -2.15. The average Bonchev–Trinajstić information content (AvgIpc) is 2.32. The summed E-state index contributed by atoms with van der Waals surface area (Å²) in [5, 5.41) is 7.48. The van der Waals surface area contributed by atoms with Gasteiger partial charge in [-0.1, -0.05) is 11.6 Å². The first-order chi connectivity index (χ1) is 8.93. The van der Waals surface area contributed by atoms with Crippen LogP contribution in [0.25, 0.3) is 0 Å². The summed E-state index contributed by atoms with van der Waals surface area (Å²) < 4.78 is 13.5. The van der Waals surface area contributed by atoms with Gasteiger partial charge in [-0.3, -0.25) is 10.1 Å². The van der Waals surface area contributed by atoms with Crippen molar-refractivity contribution in [2.45, 2.75) is 19.9 Å². The van der Waals surface area contributed by atoms with Gasteiger partial charge < -0.3 is 10.6 Å². The number of hydrogen-bond acceptors (Lipinski definition) is 3. The van der Waals surface area contributed by atoms with E-state index in [4.69, 9.17) is 11.6 Å². The summed E-state index contributed by atoms with van der Waals surface area (Å²) in [5.41, 5.74) is 0.142. The van der Waals surface area contributed by atoms with Crippen molar-refractivity contribution >= 4 is 29.2 Å². The maximum absolute atomic E-state index is 13.5. The molecule has 0 saturated carbocycles. The molecule has 5 nitrogen and oxygen atoms in total. The molecule has 1 atom stereocenters. The molecule has 0 saturated heterocycles. The van der Waals surface area contributed by atoms with Gasteiger partial charge in [0.1, 0.15) is 11.9 Å². The van der Waals surface area contributed by atoms with E-state index in [1.54, 1.807) is 6.92 Å². The molecule has 3 N–H and O–H groups in total. The molecule has 0 aliphatic rings. The van der Waals surface area contributed by atoms with Crippen LogP contribution >= 0.6 is 11.6 Å². The molecule has 0 aliphatic heterocycles. The average molecular weight is 288 g/mol. The van der Waals surface area contributed by atoms with Gasteiger partial charge in [0, 0.05) is 11.6 Å². The number of carbonyl (C=O) groups excluding carboxylic acids is 2. The number of rotatable bonds is 4. The Kier molecular flexibility index (Phi) is 5.57. The quantitative estimate of drug-likeness (QED) is 0.794. The van der Waals surface area contributed by atoms with Crippen molar-refractivity contribution in [3.63, 3.8) is 0 Å². The molecule has 0 bridgehead atoms. The Morgan fingerprint density at radius 2 is 2.11 bits per heavy atom. The van der Waals surface area contributed by atoms with E-state index < -0.39 is 23.8 Å². The van der Waals surface area contributed by atoms with E-state index >= 15 is 0 Å². The molecule has 1 unspecified atom stereocenters. The Balaban J connectivity index is 2.61. The summed E-state index contributed by atoms with van der Waals surface area (Å²) in [6, 6.07) is 2.71. The van der Waals surface area contributed by atoms with E-state index in [2.05, 4.69) is 16.0 Å². The van der Waals surface area contributed by atoms with Crippen molar-refractivity contribution in [1.82, 2.24) is 10.6 Å². The van der Waals surface area contributed by atoms with Gasteiger partial charge in [0.2, 0.25) is 5.91 Å². The largest absolute Gasteiger partial charge is 0.372 e. The number of anilines is 1. The minimum Gasteiger partial charge on any atom is -0.372 e. The number of urea groups is 1. The maximum Gasteiger partial charge on any atom is 0.321 e. The summed E-state index contributed by atoms with van der Waals surface area (Å²) >= 11 is 5.62. The van der Waals surface area contributed by atoms with Crippen LogP contribution in [0.15, 0.2) is 18.2 Å². The third-order valence-electron chi connectivity index (χ3n) is 2.27. The van der Waals surface area contributed by atoms with Crippen LogP contribution in [0.1, 0.15) is 13.8 Å². The van der Waals surface area contributed by atoms with Gasteiger partial charge in [0.25, 0.3) is 0 Å². The molecule has 104 valence electrons. The summed E-state index contributed by atoms with van der Waals surface area (Å²) in [6.07, 6.45) is 0. The zero-order chi connectivity index (χ0) is 14.4. The van der Waals surface area contributed by atoms with Gasteiger partial charge in [0.05, 0.1) is 5.69 Å². The van der Waals surface area contributed by atoms with Gasteiger partial charge in [0.15, 0.2) is 0 Å². The highest BCUT2D eigenvalue weighted by molar-refractivity contribution is 6.30. The van der Waals surface area contributed by atoms with Crippen LogP contribution in [0.3, 0.4) is 0 Å². The van der Waals surface area contributed by atoms with Crippen LogP contribution in [0.2, 0.25) is 5.02 Å². The number of nitrogens with one attached hydrogen (secondary N) is 3. The summed E-state index contributed by atoms with van der Waals surface area (Å²) in [6.45, 7) is 3.66. The standard InChI is InChI=1S/C12H15ClFN3O2/c1-3-15-12(19)17-11(18)7(2)16-10-5-4-8(13)6-9(10)14/h4-7,16H,3H2,1-2H3,(H2,15,17,18,19). The maximum atomic E-state index is 13.5. The third kappa shape index (κ3) is 4.75. The summed E-state index contributed by atoms with van der Waals surface area (Å²) in [7, 11) is 0. The Hall–Kier alpha value is -1.82. The van der Waals surface area contributed by atoms with Crippen LogP contribution in [0.4, 0.5) is 14.9 Å². The van der Waals surface area contributed by atoms with Crippen molar-refractivity contribution in [1.29, 1.82) is 0 Å². The molecule has 7 heteroatoms. The fourth-order valence-electron chi connectivity index (χ4n) is 1.33. The zero-order valence-electron chi connectivity index (χ0n) is 10.6. The first kappa shape index (κ1) is 15.2. The Labute approximate surface area is 115 Å². The Morgan fingerprint density at radius 1 is 1.42 bits per heavy atom. The molecule has 0 spiro atoms. The van der Waals surface area contributed by atoms with E-state index in [9.17, 15) is 14.0 Å². The fourth-order valence-corrected chi connectivity index (χ4v) is 1.49. The highest BCUT2D eigenvalue weighted by Gasteiger charge is 2.16. The van der Waals surface area contributed by atoms with Crippen LogP contribution < -0.4 is 16.0 Å². The molecule has 1 aromatic rings. The number of amides is 3. The Bertz CT molecular complexity index is 482. The van der Waals surface area contributed by atoms with Crippen LogP contribution in [0.5, 0.6) is 0 Å². The number of imide groups is 1. The number of benzene rings is 1. The van der Waals surface area contributed by atoms with E-state index in [1.807, 2.05) is 0 Å². The minimum absolute atomic E-state index is 0.142. The van der Waals surface area contributed by atoms with Gasteiger partial charge >= 0.3 is 6.03 Å². The highest BCUT2D eigenvalue weighted by Crippen LogP contribution is 2.19. The zero-order valence-corrected chi connectivity index (χ0v) is 11.3. The number of hydrogen-bond donors (Lipinski definition) is 3. The van der Waals surface area contributed by atoms with Crippen molar-refractivity contribution < 1.29 is 14.0 Å². The fraction of sp³-hybridized carbons (Fsp3) is 0.333. The summed E-state index contributed by atoms with van der Waals surface area (Å²) in [5.74, 6) is -1.12. The first-order valence-corrected chi connectivity index (χ1v) is 6.12. The lowest BCUT2D eigenvalue weighted by Crippen LogP contribution is -2.45. The molecule has 1 aromatic carbocycles. The van der Waals surface area contributed by atoms with Crippen molar-refractivity contribution in [3.05, 3.63) is 29.0 Å². The molecule has 19 heavy (non-hydrogen) atoms. The topological polar surface area (TPSA) is 70.2 Å². The molecule has 0 heterocycles. The van der Waals surface area contributed by atoms with Crippen LogP contribution in [0, 0.1) is 5.82 Å². The van der Waals surface area contributed by atoms with Gasteiger partial charge in [-0.25, -0.2) is 9.18 Å². The smallest absolute Gasteiger partial charge is 0.321 e. The molecular weight excluding hydrogens is 273 g/mol. The first-order valence-electron chi connectivity index (χ1n) is 5.74. The predicted molar refractivity (Wildman–Crippen MR) is 71.7 cm³/mol. The second-order valence-electron chi connectivity index (χ2n) is 3.84. The van der Waals surface area contributed by atoms with Crippen LogP contribution in [-0.4, -0.2) is 24.5 Å². The second-order valence-corrected chi connectivity index (χ2v) is 4.28. The minimum atomic E-state index is -0.765.